The van der Waals surface area contributed by atoms with Gasteiger partial charge in [0.1, 0.15) is 0 Å². The van der Waals surface area contributed by atoms with Crippen LogP contribution in [-0.2, 0) is 4.79 Å². The first-order valence-electron chi connectivity index (χ1n) is 5.00. The molecule has 13 heavy (non-hydrogen) atoms. The summed E-state index contributed by atoms with van der Waals surface area (Å²) in [5.74, 6) is 0.868. The maximum Gasteiger partial charge on any atom is 0.155 e. The molecule has 0 aromatic rings. The highest BCUT2D eigenvalue weighted by Crippen LogP contribution is 2.19. The van der Waals surface area contributed by atoms with Gasteiger partial charge in [0.2, 0.25) is 0 Å². The first-order valence-corrected chi connectivity index (χ1v) is 5.00. The number of Topliss-reactive ketones (excluding diaryl/α,β-unsaturated/α-hetero) is 1. The van der Waals surface area contributed by atoms with Gasteiger partial charge in [-0.1, -0.05) is 34.6 Å². The van der Waals surface area contributed by atoms with E-state index >= 15 is 0 Å². The Kier molecular flexibility index (Phi) is 4.62. The van der Waals surface area contributed by atoms with E-state index < -0.39 is 0 Å². The third kappa shape index (κ3) is 4.41. The van der Waals surface area contributed by atoms with E-state index in [9.17, 15) is 4.79 Å². The van der Waals surface area contributed by atoms with Crippen molar-refractivity contribution in [3.63, 3.8) is 0 Å². The first kappa shape index (κ1) is 12.6. The second kappa shape index (κ2) is 4.75. The van der Waals surface area contributed by atoms with Gasteiger partial charge in [-0.3, -0.25) is 4.79 Å². The molecule has 0 unspecified atom stereocenters. The van der Waals surface area contributed by atoms with E-state index in [0.29, 0.717) is 11.7 Å². The molecule has 0 amide bonds. The fraction of sp³-hybridized carbons (Fsp3) is 0.909. The topological polar surface area (TPSA) is 29.1 Å². The lowest BCUT2D eigenvalue weighted by Crippen LogP contribution is -2.41. The van der Waals surface area contributed by atoms with E-state index in [1.54, 1.807) is 0 Å². The van der Waals surface area contributed by atoms with Crippen molar-refractivity contribution in [2.45, 2.75) is 47.1 Å². The zero-order valence-corrected chi connectivity index (χ0v) is 9.77. The number of carbonyl (C=O) groups excluding carboxylic acids is 1. The van der Waals surface area contributed by atoms with Gasteiger partial charge in [0, 0.05) is 5.41 Å². The molecule has 0 fully saturated rings. The van der Waals surface area contributed by atoms with E-state index in [1.165, 1.54) is 0 Å². The van der Waals surface area contributed by atoms with Gasteiger partial charge in [-0.2, -0.15) is 0 Å². The summed E-state index contributed by atoms with van der Waals surface area (Å²) < 4.78 is 0. The normalized spacial score (nSPS) is 14.7. The van der Waals surface area contributed by atoms with Crippen molar-refractivity contribution in [1.29, 1.82) is 0 Å². The van der Waals surface area contributed by atoms with Crippen LogP contribution in [0.15, 0.2) is 0 Å². The highest BCUT2D eigenvalue weighted by Gasteiger charge is 2.28. The minimum absolute atomic E-state index is 0.0139. The Labute approximate surface area is 82.1 Å². The third-order valence-corrected chi connectivity index (χ3v) is 2.11. The Balaban J connectivity index is 4.33. The van der Waals surface area contributed by atoms with Crippen LogP contribution >= 0.6 is 0 Å². The molecule has 0 saturated carbocycles. The Morgan fingerprint density at radius 3 is 2.00 bits per heavy atom. The lowest BCUT2D eigenvalue weighted by Gasteiger charge is -2.25. The van der Waals surface area contributed by atoms with Crippen LogP contribution in [0, 0.1) is 11.3 Å². The van der Waals surface area contributed by atoms with Crippen molar-refractivity contribution in [1.82, 2.24) is 5.32 Å². The molecule has 0 saturated heterocycles. The number of rotatable bonds is 4. The number of hydrogen-bond acceptors (Lipinski definition) is 2. The minimum atomic E-state index is -0.234. The zero-order valence-electron chi connectivity index (χ0n) is 9.77. The molecule has 1 atom stereocenters. The smallest absolute Gasteiger partial charge is 0.155 e. The number of hydrogen-bond donors (Lipinski definition) is 1. The van der Waals surface area contributed by atoms with Gasteiger partial charge < -0.3 is 5.32 Å². The number of carbonyl (C=O) groups is 1. The molecule has 0 radical (unpaired) electrons. The van der Waals surface area contributed by atoms with Gasteiger partial charge in [0.05, 0.1) is 6.04 Å². The number of likely N-dealkylation sites (N-methyl/N-ethyl adjacent to an activating group) is 1. The Morgan fingerprint density at radius 2 is 1.77 bits per heavy atom. The summed E-state index contributed by atoms with van der Waals surface area (Å²) in [6.07, 6.45) is 0.923. The van der Waals surface area contributed by atoms with E-state index in [1.807, 2.05) is 27.8 Å². The SMILES string of the molecule is CN[C@@H](CC(C)C)C(=O)C(C)(C)C. The molecule has 1 N–H and O–H groups in total. The maximum atomic E-state index is 11.9. The van der Waals surface area contributed by atoms with E-state index in [4.69, 9.17) is 0 Å². The summed E-state index contributed by atoms with van der Waals surface area (Å²) in [6.45, 7) is 10.2. The second-order valence-electron chi connectivity index (χ2n) is 5.09. The van der Waals surface area contributed by atoms with Crippen LogP contribution in [0.4, 0.5) is 0 Å². The van der Waals surface area contributed by atoms with Crippen LogP contribution in [0.3, 0.4) is 0 Å². The number of ketones is 1. The Bertz CT molecular complexity index is 167. The average Bonchev–Trinajstić information content (AvgIpc) is 1.96. The van der Waals surface area contributed by atoms with Crippen LogP contribution in [0.1, 0.15) is 41.0 Å². The molecule has 0 spiro atoms. The third-order valence-electron chi connectivity index (χ3n) is 2.11. The van der Waals surface area contributed by atoms with Gasteiger partial charge in [-0.15, -0.1) is 0 Å². The molecule has 78 valence electrons. The van der Waals surface area contributed by atoms with Crippen molar-refractivity contribution in [3.8, 4) is 0 Å². The maximum absolute atomic E-state index is 11.9. The summed E-state index contributed by atoms with van der Waals surface area (Å²) in [7, 11) is 1.86. The summed E-state index contributed by atoms with van der Waals surface area (Å²) in [5, 5.41) is 3.09. The summed E-state index contributed by atoms with van der Waals surface area (Å²) >= 11 is 0. The average molecular weight is 185 g/mol. The summed E-state index contributed by atoms with van der Waals surface area (Å²) in [5.41, 5.74) is -0.234. The standard InChI is InChI=1S/C11H23NO/c1-8(2)7-9(12-6)10(13)11(3,4)5/h8-9,12H,7H2,1-6H3/t9-/m0/s1. The Morgan fingerprint density at radius 1 is 1.31 bits per heavy atom. The monoisotopic (exact) mass is 185 g/mol. The van der Waals surface area contributed by atoms with Crippen molar-refractivity contribution in [2.24, 2.45) is 11.3 Å². The van der Waals surface area contributed by atoms with Gasteiger partial charge in [-0.05, 0) is 19.4 Å². The van der Waals surface area contributed by atoms with Crippen molar-refractivity contribution in [3.05, 3.63) is 0 Å². The summed E-state index contributed by atoms with van der Waals surface area (Å²) in [6, 6.07) is 0.0139. The largest absolute Gasteiger partial charge is 0.311 e. The van der Waals surface area contributed by atoms with Crippen molar-refractivity contribution < 1.29 is 4.79 Å². The van der Waals surface area contributed by atoms with Gasteiger partial charge in [0.15, 0.2) is 5.78 Å². The second-order valence-corrected chi connectivity index (χ2v) is 5.09. The van der Waals surface area contributed by atoms with Gasteiger partial charge in [0.25, 0.3) is 0 Å². The Hall–Kier alpha value is -0.370. The molecular formula is C11H23NO. The van der Waals surface area contributed by atoms with Crippen LogP contribution in [0.25, 0.3) is 0 Å². The lowest BCUT2D eigenvalue weighted by molar-refractivity contribution is -0.128. The van der Waals surface area contributed by atoms with E-state index in [0.717, 1.165) is 6.42 Å². The van der Waals surface area contributed by atoms with Crippen LogP contribution in [0.2, 0.25) is 0 Å². The summed E-state index contributed by atoms with van der Waals surface area (Å²) in [4.78, 5) is 11.9. The molecule has 0 bridgehead atoms. The van der Waals surface area contributed by atoms with E-state index in [2.05, 4.69) is 19.2 Å². The molecule has 0 aromatic heterocycles. The number of nitrogens with one attached hydrogen (secondary N) is 1. The van der Waals surface area contributed by atoms with Crippen LogP contribution in [0.5, 0.6) is 0 Å². The molecule has 0 heterocycles. The lowest BCUT2D eigenvalue weighted by atomic mass is 9.84. The van der Waals surface area contributed by atoms with Gasteiger partial charge >= 0.3 is 0 Å². The van der Waals surface area contributed by atoms with Crippen molar-refractivity contribution in [2.75, 3.05) is 7.05 Å². The van der Waals surface area contributed by atoms with E-state index in [-0.39, 0.29) is 11.5 Å². The molecule has 0 rings (SSSR count). The molecule has 2 heteroatoms. The molecule has 0 aliphatic carbocycles. The van der Waals surface area contributed by atoms with Crippen LogP contribution in [-0.4, -0.2) is 18.9 Å². The van der Waals surface area contributed by atoms with Crippen molar-refractivity contribution >= 4 is 5.78 Å². The fourth-order valence-corrected chi connectivity index (χ4v) is 1.35. The minimum Gasteiger partial charge on any atom is -0.311 e. The fourth-order valence-electron chi connectivity index (χ4n) is 1.35. The predicted octanol–water partition coefficient (Wildman–Crippen LogP) is 2.24. The van der Waals surface area contributed by atoms with Crippen LogP contribution < -0.4 is 5.32 Å². The molecular weight excluding hydrogens is 162 g/mol. The molecule has 0 aromatic carbocycles. The first-order chi connectivity index (χ1) is 5.79. The molecule has 0 aliphatic heterocycles. The quantitative estimate of drug-likeness (QED) is 0.727. The molecule has 0 aliphatic rings. The predicted molar refractivity (Wildman–Crippen MR) is 56.8 cm³/mol. The highest BCUT2D eigenvalue weighted by molar-refractivity contribution is 5.88. The molecule has 2 nitrogen and oxygen atoms in total. The van der Waals surface area contributed by atoms with Gasteiger partial charge in [-0.25, -0.2) is 0 Å². The zero-order chi connectivity index (χ0) is 10.6. The highest BCUT2D eigenvalue weighted by atomic mass is 16.1.